The zero-order valence-corrected chi connectivity index (χ0v) is 16.2. The van der Waals surface area contributed by atoms with E-state index in [1.165, 1.54) is 5.56 Å². The first-order chi connectivity index (χ1) is 11.1. The third-order valence-electron chi connectivity index (χ3n) is 4.81. The molecule has 1 aromatic carbocycles. The topological polar surface area (TPSA) is 64.2 Å². The van der Waals surface area contributed by atoms with Crippen molar-refractivity contribution >= 4 is 30.7 Å². The molecule has 7 heteroatoms. The number of carbonyl (C=O) groups excluding carboxylic acids is 1. The average Bonchev–Trinajstić information content (AvgIpc) is 3.22. The quantitative estimate of drug-likeness (QED) is 0.880. The highest BCUT2D eigenvalue weighted by atomic mass is 35.5. The van der Waals surface area contributed by atoms with Gasteiger partial charge in [-0.05, 0) is 17.5 Å². The molecule has 2 aromatic rings. The normalized spacial score (nSPS) is 18.8. The average molecular weight is 385 g/mol. The standard InChI is InChI=1S/C18H24N4O.2ClH/c1-13(17(19)14-6-4-3-5-7-14)18(23)22-9-8-15(12-22)16-10-20-21(2)11-16;;/h3-7,10-11,13,15,17H,8-9,12,19H2,1-2H3;2*1H. The van der Waals surface area contributed by atoms with Crippen LogP contribution < -0.4 is 5.73 Å². The molecule has 1 aromatic heterocycles. The largest absolute Gasteiger partial charge is 0.342 e. The van der Waals surface area contributed by atoms with Crippen LogP contribution >= 0.6 is 24.8 Å². The lowest BCUT2D eigenvalue weighted by atomic mass is 9.94. The van der Waals surface area contributed by atoms with Crippen molar-refractivity contribution in [1.29, 1.82) is 0 Å². The summed E-state index contributed by atoms with van der Waals surface area (Å²) in [6.07, 6.45) is 4.93. The molecule has 0 aliphatic carbocycles. The fraction of sp³-hybridized carbons (Fsp3) is 0.444. The maximum Gasteiger partial charge on any atom is 0.227 e. The Kier molecular flexibility index (Phi) is 7.93. The summed E-state index contributed by atoms with van der Waals surface area (Å²) in [4.78, 5) is 14.7. The van der Waals surface area contributed by atoms with Gasteiger partial charge in [0.2, 0.25) is 5.91 Å². The van der Waals surface area contributed by atoms with E-state index in [0.717, 1.165) is 25.1 Å². The van der Waals surface area contributed by atoms with Gasteiger partial charge in [-0.15, -0.1) is 24.8 Å². The van der Waals surface area contributed by atoms with Crippen LogP contribution in [0.1, 0.15) is 36.4 Å². The number of nitrogens with two attached hydrogens (primary N) is 1. The van der Waals surface area contributed by atoms with Gasteiger partial charge in [0.25, 0.3) is 0 Å². The summed E-state index contributed by atoms with van der Waals surface area (Å²) in [5, 5.41) is 4.23. The van der Waals surface area contributed by atoms with E-state index in [2.05, 4.69) is 5.10 Å². The van der Waals surface area contributed by atoms with Gasteiger partial charge in [0.15, 0.2) is 0 Å². The van der Waals surface area contributed by atoms with Gasteiger partial charge in [0, 0.05) is 38.3 Å². The van der Waals surface area contributed by atoms with Crippen LogP contribution in [0.15, 0.2) is 42.7 Å². The fourth-order valence-corrected chi connectivity index (χ4v) is 3.29. The molecule has 2 N–H and O–H groups in total. The van der Waals surface area contributed by atoms with Gasteiger partial charge in [0.05, 0.1) is 12.1 Å². The molecule has 0 bridgehead atoms. The lowest BCUT2D eigenvalue weighted by Gasteiger charge is -2.25. The zero-order chi connectivity index (χ0) is 16.4. The van der Waals surface area contributed by atoms with Crippen LogP contribution in [0.5, 0.6) is 0 Å². The van der Waals surface area contributed by atoms with E-state index in [4.69, 9.17) is 5.73 Å². The molecular weight excluding hydrogens is 359 g/mol. The van der Waals surface area contributed by atoms with E-state index in [-0.39, 0.29) is 42.7 Å². The van der Waals surface area contributed by atoms with Gasteiger partial charge < -0.3 is 10.6 Å². The minimum atomic E-state index is -0.263. The summed E-state index contributed by atoms with van der Waals surface area (Å²) in [6.45, 7) is 3.48. The van der Waals surface area contributed by atoms with Gasteiger partial charge in [0.1, 0.15) is 0 Å². The number of nitrogens with zero attached hydrogens (tertiary/aromatic N) is 3. The summed E-state index contributed by atoms with van der Waals surface area (Å²) in [5.41, 5.74) is 8.52. The summed E-state index contributed by atoms with van der Waals surface area (Å²) >= 11 is 0. The first-order valence-corrected chi connectivity index (χ1v) is 8.14. The molecule has 1 fully saturated rings. The number of hydrogen-bond acceptors (Lipinski definition) is 3. The number of aryl methyl sites for hydroxylation is 1. The predicted molar refractivity (Wildman–Crippen MR) is 104 cm³/mol. The zero-order valence-electron chi connectivity index (χ0n) is 14.5. The van der Waals surface area contributed by atoms with Crippen molar-refractivity contribution in [3.05, 3.63) is 53.9 Å². The van der Waals surface area contributed by atoms with Crippen molar-refractivity contribution in [2.75, 3.05) is 13.1 Å². The Balaban J connectivity index is 0.00000156. The van der Waals surface area contributed by atoms with Crippen LogP contribution in [-0.4, -0.2) is 33.7 Å². The number of aromatic nitrogens is 2. The van der Waals surface area contributed by atoms with Gasteiger partial charge in [-0.3, -0.25) is 9.48 Å². The molecule has 3 atom stereocenters. The summed E-state index contributed by atoms with van der Waals surface area (Å²) in [5.74, 6) is 0.311. The molecule has 3 unspecified atom stereocenters. The lowest BCUT2D eigenvalue weighted by molar-refractivity contribution is -0.134. The number of hydrogen-bond donors (Lipinski definition) is 1. The van der Waals surface area contributed by atoms with Crippen molar-refractivity contribution in [1.82, 2.24) is 14.7 Å². The number of likely N-dealkylation sites (tertiary alicyclic amines) is 1. The van der Waals surface area contributed by atoms with E-state index >= 15 is 0 Å². The highest BCUT2D eigenvalue weighted by Crippen LogP contribution is 2.29. The number of halogens is 2. The second-order valence-corrected chi connectivity index (χ2v) is 6.44. The molecule has 1 saturated heterocycles. The van der Waals surface area contributed by atoms with Gasteiger partial charge in [-0.1, -0.05) is 37.3 Å². The van der Waals surface area contributed by atoms with E-state index in [1.807, 2.05) is 66.3 Å². The molecule has 5 nitrogen and oxygen atoms in total. The van der Waals surface area contributed by atoms with E-state index in [1.54, 1.807) is 0 Å². The minimum absolute atomic E-state index is 0. The van der Waals surface area contributed by atoms with Gasteiger partial charge in [-0.2, -0.15) is 5.10 Å². The second kappa shape index (κ2) is 9.22. The van der Waals surface area contributed by atoms with Crippen LogP contribution in [0.3, 0.4) is 0 Å². The number of rotatable bonds is 4. The Morgan fingerprint density at radius 2 is 1.96 bits per heavy atom. The minimum Gasteiger partial charge on any atom is -0.342 e. The lowest BCUT2D eigenvalue weighted by Crippen LogP contribution is -2.38. The second-order valence-electron chi connectivity index (χ2n) is 6.44. The van der Waals surface area contributed by atoms with Crippen LogP contribution in [0.2, 0.25) is 0 Å². The van der Waals surface area contributed by atoms with Crippen molar-refractivity contribution in [3.8, 4) is 0 Å². The van der Waals surface area contributed by atoms with E-state index < -0.39 is 0 Å². The van der Waals surface area contributed by atoms with Gasteiger partial charge in [-0.25, -0.2) is 0 Å². The summed E-state index contributed by atoms with van der Waals surface area (Å²) in [6, 6.07) is 9.58. The number of amides is 1. The van der Waals surface area contributed by atoms with E-state index in [9.17, 15) is 4.79 Å². The third kappa shape index (κ3) is 4.75. The van der Waals surface area contributed by atoms with Crippen molar-refractivity contribution < 1.29 is 4.79 Å². The molecule has 1 amide bonds. The fourth-order valence-electron chi connectivity index (χ4n) is 3.29. The molecule has 0 spiro atoms. The Bertz CT molecular complexity index is 677. The number of benzene rings is 1. The first-order valence-electron chi connectivity index (χ1n) is 8.14. The molecule has 0 radical (unpaired) electrons. The Morgan fingerprint density at radius 1 is 1.28 bits per heavy atom. The molecule has 138 valence electrons. The summed E-state index contributed by atoms with van der Waals surface area (Å²) < 4.78 is 1.81. The van der Waals surface area contributed by atoms with Crippen LogP contribution in [0.25, 0.3) is 0 Å². The highest BCUT2D eigenvalue weighted by molar-refractivity contribution is 5.85. The molecular formula is C18H26Cl2N4O. The summed E-state index contributed by atoms with van der Waals surface area (Å²) in [7, 11) is 1.92. The Morgan fingerprint density at radius 3 is 2.56 bits per heavy atom. The molecule has 1 aliphatic heterocycles. The first kappa shape index (κ1) is 21.5. The molecule has 3 rings (SSSR count). The molecule has 1 aliphatic rings. The number of carbonyl (C=O) groups is 1. The maximum absolute atomic E-state index is 12.8. The third-order valence-corrected chi connectivity index (χ3v) is 4.81. The van der Waals surface area contributed by atoms with Crippen LogP contribution in [-0.2, 0) is 11.8 Å². The highest BCUT2D eigenvalue weighted by Gasteiger charge is 2.32. The monoisotopic (exact) mass is 384 g/mol. The molecule has 25 heavy (non-hydrogen) atoms. The van der Waals surface area contributed by atoms with E-state index in [0.29, 0.717) is 5.92 Å². The van der Waals surface area contributed by atoms with Gasteiger partial charge >= 0.3 is 0 Å². The van der Waals surface area contributed by atoms with Crippen molar-refractivity contribution in [2.45, 2.75) is 25.3 Å². The van der Waals surface area contributed by atoms with Crippen molar-refractivity contribution in [2.24, 2.45) is 18.7 Å². The van der Waals surface area contributed by atoms with Crippen LogP contribution in [0.4, 0.5) is 0 Å². The Labute approximate surface area is 161 Å². The smallest absolute Gasteiger partial charge is 0.227 e. The molecule has 2 heterocycles. The molecule has 0 saturated carbocycles. The maximum atomic E-state index is 12.8. The SMILES string of the molecule is CC(C(=O)N1CCC(c2cnn(C)c2)C1)C(N)c1ccccc1.Cl.Cl. The van der Waals surface area contributed by atoms with Crippen molar-refractivity contribution in [3.63, 3.8) is 0 Å². The predicted octanol–water partition coefficient (Wildman–Crippen LogP) is 2.92. The van der Waals surface area contributed by atoms with Crippen LogP contribution in [0, 0.1) is 5.92 Å². The Hall–Kier alpha value is -1.56.